The van der Waals surface area contributed by atoms with Gasteiger partial charge >= 0.3 is 0 Å². The van der Waals surface area contributed by atoms with Gasteiger partial charge in [-0.1, -0.05) is 42.5 Å². The molecular formula is C24H25N3O4. The standard InChI is InChI=1S/C24H25N3O4/c28-20-10-12-27(13-11-20)24(30)21-16-31-23(26-21)19-8-6-18(7-9-19)15-25-22(29)14-17-4-2-1-3-5-17/h1-9,16,20,28H,10-15H2,(H,25,29). The van der Waals surface area contributed by atoms with E-state index in [-0.39, 0.29) is 23.6 Å². The number of nitrogens with one attached hydrogen (secondary N) is 1. The fourth-order valence-electron chi connectivity index (χ4n) is 3.55. The molecule has 31 heavy (non-hydrogen) atoms. The van der Waals surface area contributed by atoms with Gasteiger partial charge in [0.1, 0.15) is 6.26 Å². The number of hydrogen-bond donors (Lipinski definition) is 2. The first-order valence-corrected chi connectivity index (χ1v) is 10.4. The van der Waals surface area contributed by atoms with Crippen LogP contribution >= 0.6 is 0 Å². The van der Waals surface area contributed by atoms with Gasteiger partial charge in [-0.15, -0.1) is 0 Å². The maximum Gasteiger partial charge on any atom is 0.275 e. The van der Waals surface area contributed by atoms with Crippen LogP contribution in [0.25, 0.3) is 11.5 Å². The number of aromatic nitrogens is 1. The average molecular weight is 419 g/mol. The number of carbonyl (C=O) groups is 2. The van der Waals surface area contributed by atoms with Crippen LogP contribution in [0.4, 0.5) is 0 Å². The number of aliphatic hydroxyl groups is 1. The number of rotatable bonds is 6. The molecule has 1 aromatic heterocycles. The van der Waals surface area contributed by atoms with Crippen molar-refractivity contribution in [3.05, 3.63) is 77.7 Å². The lowest BCUT2D eigenvalue weighted by molar-refractivity contribution is -0.120. The zero-order valence-corrected chi connectivity index (χ0v) is 17.2. The largest absolute Gasteiger partial charge is 0.444 e. The van der Waals surface area contributed by atoms with Gasteiger partial charge in [-0.25, -0.2) is 4.98 Å². The van der Waals surface area contributed by atoms with E-state index in [1.54, 1.807) is 4.90 Å². The van der Waals surface area contributed by atoms with Crippen molar-refractivity contribution in [3.63, 3.8) is 0 Å². The number of amides is 2. The molecule has 0 aliphatic carbocycles. The third-order valence-corrected chi connectivity index (χ3v) is 5.37. The van der Waals surface area contributed by atoms with E-state index in [1.165, 1.54) is 6.26 Å². The topological polar surface area (TPSA) is 95.7 Å². The van der Waals surface area contributed by atoms with Crippen molar-refractivity contribution in [3.8, 4) is 11.5 Å². The van der Waals surface area contributed by atoms with Crippen LogP contribution in [0.3, 0.4) is 0 Å². The summed E-state index contributed by atoms with van der Waals surface area (Å²) in [6.07, 6.45) is 2.56. The second-order valence-electron chi connectivity index (χ2n) is 7.70. The van der Waals surface area contributed by atoms with E-state index < -0.39 is 0 Å². The second-order valence-corrected chi connectivity index (χ2v) is 7.70. The minimum absolute atomic E-state index is 0.0311. The first-order valence-electron chi connectivity index (χ1n) is 10.4. The minimum Gasteiger partial charge on any atom is -0.444 e. The number of carbonyl (C=O) groups excluding carboxylic acids is 2. The normalized spacial score (nSPS) is 14.4. The Morgan fingerprint density at radius 3 is 2.45 bits per heavy atom. The number of benzene rings is 2. The van der Waals surface area contributed by atoms with Crippen LogP contribution in [-0.2, 0) is 17.8 Å². The van der Waals surface area contributed by atoms with E-state index >= 15 is 0 Å². The van der Waals surface area contributed by atoms with Crippen LogP contribution in [0.15, 0.2) is 65.3 Å². The molecule has 7 nitrogen and oxygen atoms in total. The molecule has 1 saturated heterocycles. The fourth-order valence-corrected chi connectivity index (χ4v) is 3.55. The van der Waals surface area contributed by atoms with Crippen molar-refractivity contribution in [1.82, 2.24) is 15.2 Å². The Balaban J connectivity index is 1.32. The van der Waals surface area contributed by atoms with Gasteiger partial charge in [0, 0.05) is 25.2 Å². The molecule has 1 fully saturated rings. The van der Waals surface area contributed by atoms with E-state index in [4.69, 9.17) is 4.42 Å². The molecule has 7 heteroatoms. The Hall–Kier alpha value is -3.45. The van der Waals surface area contributed by atoms with Crippen LogP contribution in [0.2, 0.25) is 0 Å². The first-order chi connectivity index (χ1) is 15.1. The number of aliphatic hydroxyl groups excluding tert-OH is 1. The average Bonchev–Trinajstić information content (AvgIpc) is 3.29. The van der Waals surface area contributed by atoms with Gasteiger partial charge in [-0.3, -0.25) is 9.59 Å². The van der Waals surface area contributed by atoms with Gasteiger partial charge in [0.25, 0.3) is 5.91 Å². The molecule has 1 aliphatic rings. The Labute approximate surface area is 180 Å². The number of nitrogens with zero attached hydrogens (tertiary/aromatic N) is 2. The van der Waals surface area contributed by atoms with Crippen molar-refractivity contribution >= 4 is 11.8 Å². The highest BCUT2D eigenvalue weighted by atomic mass is 16.3. The van der Waals surface area contributed by atoms with Gasteiger partial charge in [0.2, 0.25) is 11.8 Å². The summed E-state index contributed by atoms with van der Waals surface area (Å²) in [4.78, 5) is 30.7. The second kappa shape index (κ2) is 9.57. The summed E-state index contributed by atoms with van der Waals surface area (Å²) in [6.45, 7) is 1.47. The Kier molecular flexibility index (Phi) is 6.43. The van der Waals surface area contributed by atoms with Crippen molar-refractivity contribution < 1.29 is 19.1 Å². The van der Waals surface area contributed by atoms with Crippen molar-refractivity contribution in [1.29, 1.82) is 0 Å². The fraction of sp³-hybridized carbons (Fsp3) is 0.292. The van der Waals surface area contributed by atoms with Crippen molar-refractivity contribution in [2.75, 3.05) is 13.1 Å². The molecule has 2 amide bonds. The summed E-state index contributed by atoms with van der Waals surface area (Å²) in [7, 11) is 0. The third-order valence-electron chi connectivity index (χ3n) is 5.37. The SMILES string of the molecule is O=C(Cc1ccccc1)NCc1ccc(-c2nc(C(=O)N3CCC(O)CC3)co2)cc1. The molecule has 0 saturated carbocycles. The summed E-state index contributed by atoms with van der Waals surface area (Å²) in [5.41, 5.74) is 2.96. The Morgan fingerprint density at radius 1 is 1.03 bits per heavy atom. The van der Waals surface area contributed by atoms with Crippen LogP contribution in [0, 0.1) is 0 Å². The lowest BCUT2D eigenvalue weighted by Crippen LogP contribution is -2.40. The van der Waals surface area contributed by atoms with Crippen molar-refractivity contribution in [2.24, 2.45) is 0 Å². The maximum atomic E-state index is 12.6. The van der Waals surface area contributed by atoms with Gasteiger partial charge in [-0.05, 0) is 36.1 Å². The van der Waals surface area contributed by atoms with Crippen molar-refractivity contribution in [2.45, 2.75) is 31.9 Å². The number of piperidine rings is 1. The highest BCUT2D eigenvalue weighted by Gasteiger charge is 2.24. The molecule has 160 valence electrons. The molecule has 2 N–H and O–H groups in total. The van der Waals surface area contributed by atoms with E-state index in [0.29, 0.717) is 44.8 Å². The zero-order chi connectivity index (χ0) is 21.6. The third kappa shape index (κ3) is 5.38. The lowest BCUT2D eigenvalue weighted by atomic mass is 10.1. The highest BCUT2D eigenvalue weighted by molar-refractivity contribution is 5.92. The number of likely N-dealkylation sites (tertiary alicyclic amines) is 1. The quantitative estimate of drug-likeness (QED) is 0.641. The molecule has 3 aromatic rings. The van der Waals surface area contributed by atoms with Crippen LogP contribution in [0.1, 0.15) is 34.5 Å². The molecule has 1 aliphatic heterocycles. The predicted octanol–water partition coefficient (Wildman–Crippen LogP) is 2.80. The Morgan fingerprint density at radius 2 is 1.74 bits per heavy atom. The van der Waals surface area contributed by atoms with Crippen LogP contribution in [0.5, 0.6) is 0 Å². The van der Waals surface area contributed by atoms with Gasteiger partial charge in [0.15, 0.2) is 5.69 Å². The first kappa shape index (κ1) is 20.8. The molecule has 0 spiro atoms. The minimum atomic E-state index is -0.335. The van der Waals surface area contributed by atoms with Gasteiger partial charge in [0.05, 0.1) is 12.5 Å². The molecule has 0 radical (unpaired) electrons. The van der Waals surface area contributed by atoms with E-state index in [2.05, 4.69) is 10.3 Å². The van der Waals surface area contributed by atoms with Gasteiger partial charge < -0.3 is 19.7 Å². The van der Waals surface area contributed by atoms with E-state index in [1.807, 2.05) is 54.6 Å². The van der Waals surface area contributed by atoms with Gasteiger partial charge in [-0.2, -0.15) is 0 Å². The van der Waals surface area contributed by atoms with E-state index in [9.17, 15) is 14.7 Å². The lowest BCUT2D eigenvalue weighted by Gasteiger charge is -2.28. The monoisotopic (exact) mass is 419 g/mol. The Bertz CT molecular complexity index is 1020. The zero-order valence-electron chi connectivity index (χ0n) is 17.2. The molecule has 4 rings (SSSR count). The molecular weight excluding hydrogens is 394 g/mol. The molecule has 0 atom stereocenters. The smallest absolute Gasteiger partial charge is 0.275 e. The highest BCUT2D eigenvalue weighted by Crippen LogP contribution is 2.21. The summed E-state index contributed by atoms with van der Waals surface area (Å²) < 4.78 is 5.51. The molecule has 0 unspecified atom stereocenters. The number of hydrogen-bond acceptors (Lipinski definition) is 5. The van der Waals surface area contributed by atoms with E-state index in [0.717, 1.165) is 16.7 Å². The molecule has 2 heterocycles. The van der Waals surface area contributed by atoms with Crippen LogP contribution in [-0.4, -0.2) is 46.0 Å². The molecule has 0 bridgehead atoms. The predicted molar refractivity (Wildman–Crippen MR) is 115 cm³/mol. The van der Waals surface area contributed by atoms with Crippen LogP contribution < -0.4 is 5.32 Å². The summed E-state index contributed by atoms with van der Waals surface area (Å²) in [6, 6.07) is 17.1. The summed E-state index contributed by atoms with van der Waals surface area (Å²) >= 11 is 0. The molecule has 2 aromatic carbocycles. The number of oxazole rings is 1. The summed E-state index contributed by atoms with van der Waals surface area (Å²) in [5, 5.41) is 12.5. The summed E-state index contributed by atoms with van der Waals surface area (Å²) in [5.74, 6) is 0.163. The maximum absolute atomic E-state index is 12.6.